The molecule has 0 aliphatic heterocycles. The number of H-pyrrole nitrogens is 1. The first kappa shape index (κ1) is 21.4. The van der Waals surface area contributed by atoms with Crippen LogP contribution in [0.25, 0.3) is 11.3 Å². The van der Waals surface area contributed by atoms with Gasteiger partial charge in [0.05, 0.1) is 30.2 Å². The van der Waals surface area contributed by atoms with Crippen LogP contribution in [0.4, 0.5) is 15.9 Å². The second-order valence-electron chi connectivity index (χ2n) is 6.73. The minimum absolute atomic E-state index is 0.00287. The lowest BCUT2D eigenvalue weighted by molar-refractivity contribution is 0.102. The number of aryl methyl sites for hydroxylation is 1. The van der Waals surface area contributed by atoms with Gasteiger partial charge in [0.2, 0.25) is 0 Å². The Morgan fingerprint density at radius 3 is 2.60 bits per heavy atom. The molecule has 10 heteroatoms. The number of ether oxygens (including phenoxy) is 2. The van der Waals surface area contributed by atoms with Crippen LogP contribution < -0.4 is 20.5 Å². The number of methoxy groups -OCH3 is 1. The number of amides is 1. The van der Waals surface area contributed by atoms with Crippen molar-refractivity contribution < 1.29 is 18.7 Å². The van der Waals surface area contributed by atoms with Crippen molar-refractivity contribution >= 4 is 29.0 Å². The average Bonchev–Trinajstić information content (AvgIpc) is 3.00. The van der Waals surface area contributed by atoms with E-state index in [0.717, 1.165) is 6.07 Å². The molecule has 2 heterocycles. The fourth-order valence-corrected chi connectivity index (χ4v) is 3.02. The Balaban J connectivity index is 2.05. The maximum atomic E-state index is 15.0. The molecule has 0 aliphatic carbocycles. The normalized spacial score (nSPS) is 10.9. The predicted octanol–water partition coefficient (Wildman–Crippen LogP) is 4.20. The summed E-state index contributed by atoms with van der Waals surface area (Å²) in [7, 11) is 1.46. The summed E-state index contributed by atoms with van der Waals surface area (Å²) in [5.74, 6) is -0.575. The number of halogens is 2. The van der Waals surface area contributed by atoms with Crippen molar-refractivity contribution in [2.75, 3.05) is 18.2 Å². The van der Waals surface area contributed by atoms with E-state index >= 15 is 0 Å². The van der Waals surface area contributed by atoms with Crippen molar-refractivity contribution in [3.05, 3.63) is 46.5 Å². The van der Waals surface area contributed by atoms with Gasteiger partial charge in [-0.05, 0) is 45.0 Å². The topological polar surface area (TPSA) is 115 Å². The van der Waals surface area contributed by atoms with Crippen LogP contribution in [-0.4, -0.2) is 34.3 Å². The van der Waals surface area contributed by atoms with Crippen molar-refractivity contribution in [2.45, 2.75) is 26.9 Å². The lowest BCUT2D eigenvalue weighted by Crippen LogP contribution is -2.17. The van der Waals surface area contributed by atoms with E-state index in [2.05, 4.69) is 20.5 Å². The van der Waals surface area contributed by atoms with E-state index in [0.29, 0.717) is 17.1 Å². The number of hydrogen-bond acceptors (Lipinski definition) is 6. The smallest absolute Gasteiger partial charge is 0.259 e. The molecule has 3 rings (SSSR count). The standard InChI is InChI=1S/C20H21ClFN5O3/c1-9(2)30-16-8-11(14-5-6-15(29-4)19(23)24-14)13(22)7-12(16)20(28)25-17-10(3)26-27-18(17)21/h5-9H,1-4H3,(H2,23,24)(H,25,28)(H,26,27). The van der Waals surface area contributed by atoms with Crippen molar-refractivity contribution in [1.82, 2.24) is 15.2 Å². The Hall–Kier alpha value is -3.33. The Kier molecular flexibility index (Phi) is 6.12. The number of pyridine rings is 1. The summed E-state index contributed by atoms with van der Waals surface area (Å²) in [4.78, 5) is 17.0. The number of benzene rings is 1. The van der Waals surface area contributed by atoms with Gasteiger partial charge in [-0.3, -0.25) is 9.89 Å². The Labute approximate surface area is 177 Å². The molecule has 0 saturated heterocycles. The number of nitrogens with two attached hydrogens (primary N) is 1. The number of anilines is 2. The number of nitrogens with zero attached hydrogens (tertiary/aromatic N) is 2. The third kappa shape index (κ3) is 4.30. The molecule has 0 saturated carbocycles. The molecule has 30 heavy (non-hydrogen) atoms. The minimum atomic E-state index is -0.664. The third-order valence-corrected chi connectivity index (χ3v) is 4.47. The van der Waals surface area contributed by atoms with Crippen molar-refractivity contribution in [2.24, 2.45) is 0 Å². The van der Waals surface area contributed by atoms with Gasteiger partial charge in [0, 0.05) is 5.56 Å². The second kappa shape index (κ2) is 8.58. The number of rotatable bonds is 6. The molecule has 0 fully saturated rings. The molecule has 2 aromatic heterocycles. The zero-order chi connectivity index (χ0) is 22.0. The summed E-state index contributed by atoms with van der Waals surface area (Å²) in [5, 5.41) is 9.29. The average molecular weight is 434 g/mol. The number of nitrogens with one attached hydrogen (secondary N) is 2. The van der Waals surface area contributed by atoms with Crippen LogP contribution in [-0.2, 0) is 0 Å². The number of hydrogen-bond donors (Lipinski definition) is 3. The van der Waals surface area contributed by atoms with Crippen LogP contribution in [0, 0.1) is 12.7 Å². The third-order valence-electron chi connectivity index (χ3n) is 4.20. The Morgan fingerprint density at radius 2 is 2.03 bits per heavy atom. The summed E-state index contributed by atoms with van der Waals surface area (Å²) in [5.41, 5.74) is 7.07. The number of carbonyl (C=O) groups excluding carboxylic acids is 1. The summed E-state index contributed by atoms with van der Waals surface area (Å²) in [6.07, 6.45) is -0.261. The lowest BCUT2D eigenvalue weighted by Gasteiger charge is -2.16. The van der Waals surface area contributed by atoms with E-state index < -0.39 is 11.7 Å². The van der Waals surface area contributed by atoms with Gasteiger partial charge in [0.1, 0.15) is 22.4 Å². The highest BCUT2D eigenvalue weighted by Gasteiger charge is 2.22. The van der Waals surface area contributed by atoms with Crippen LogP contribution in [0.15, 0.2) is 24.3 Å². The van der Waals surface area contributed by atoms with Crippen molar-refractivity contribution in [3.8, 4) is 22.8 Å². The largest absolute Gasteiger partial charge is 0.493 e. The molecule has 0 spiro atoms. The summed E-state index contributed by atoms with van der Waals surface area (Å²) >= 11 is 6.01. The number of nitrogen functional groups attached to an aromatic ring is 1. The molecule has 0 atom stereocenters. The molecule has 1 amide bonds. The maximum Gasteiger partial charge on any atom is 0.259 e. The number of aromatic nitrogens is 3. The van der Waals surface area contributed by atoms with E-state index in [-0.39, 0.29) is 39.6 Å². The lowest BCUT2D eigenvalue weighted by atomic mass is 10.0. The first-order valence-corrected chi connectivity index (χ1v) is 9.42. The summed E-state index contributed by atoms with van der Waals surface area (Å²) < 4.78 is 25.8. The highest BCUT2D eigenvalue weighted by Crippen LogP contribution is 2.33. The molecule has 1 aromatic carbocycles. The van der Waals surface area contributed by atoms with E-state index in [9.17, 15) is 9.18 Å². The minimum Gasteiger partial charge on any atom is -0.493 e. The number of aromatic amines is 1. The second-order valence-corrected chi connectivity index (χ2v) is 7.11. The zero-order valence-corrected chi connectivity index (χ0v) is 17.6. The van der Waals surface area contributed by atoms with Crippen LogP contribution in [0.3, 0.4) is 0 Å². The monoisotopic (exact) mass is 433 g/mol. The van der Waals surface area contributed by atoms with Gasteiger partial charge < -0.3 is 20.5 Å². The SMILES string of the molecule is COc1ccc(-c2cc(OC(C)C)c(C(=O)Nc3c(C)n[nH]c3Cl)cc2F)nc1N. The highest BCUT2D eigenvalue weighted by molar-refractivity contribution is 6.33. The van der Waals surface area contributed by atoms with Gasteiger partial charge >= 0.3 is 0 Å². The van der Waals surface area contributed by atoms with Gasteiger partial charge in [-0.1, -0.05) is 11.6 Å². The summed E-state index contributed by atoms with van der Waals surface area (Å²) in [6, 6.07) is 5.67. The van der Waals surface area contributed by atoms with Crippen LogP contribution in [0.2, 0.25) is 5.15 Å². The van der Waals surface area contributed by atoms with Crippen molar-refractivity contribution in [1.29, 1.82) is 0 Å². The van der Waals surface area contributed by atoms with Crippen molar-refractivity contribution in [3.63, 3.8) is 0 Å². The fourth-order valence-electron chi connectivity index (χ4n) is 2.79. The number of carbonyl (C=O) groups is 1. The summed E-state index contributed by atoms with van der Waals surface area (Å²) in [6.45, 7) is 5.27. The molecule has 0 unspecified atom stereocenters. The van der Waals surface area contributed by atoms with Gasteiger partial charge in [-0.25, -0.2) is 9.37 Å². The van der Waals surface area contributed by atoms with Crippen LogP contribution in [0.1, 0.15) is 29.9 Å². The fraction of sp³-hybridized carbons (Fsp3) is 0.250. The van der Waals surface area contributed by atoms with E-state index in [1.165, 1.54) is 13.2 Å². The van der Waals surface area contributed by atoms with Gasteiger partial charge in [-0.2, -0.15) is 5.10 Å². The van der Waals surface area contributed by atoms with Gasteiger partial charge in [-0.15, -0.1) is 0 Å². The first-order valence-electron chi connectivity index (χ1n) is 9.04. The van der Waals surface area contributed by atoms with Gasteiger partial charge in [0.25, 0.3) is 5.91 Å². The zero-order valence-electron chi connectivity index (χ0n) is 16.8. The van der Waals surface area contributed by atoms with Crippen LogP contribution in [0.5, 0.6) is 11.5 Å². The quantitative estimate of drug-likeness (QED) is 0.536. The molecular weight excluding hydrogens is 413 g/mol. The van der Waals surface area contributed by atoms with Crippen LogP contribution >= 0.6 is 11.6 Å². The Morgan fingerprint density at radius 1 is 1.30 bits per heavy atom. The van der Waals surface area contributed by atoms with E-state index in [4.69, 9.17) is 26.8 Å². The molecule has 8 nitrogen and oxygen atoms in total. The molecule has 0 bridgehead atoms. The highest BCUT2D eigenvalue weighted by atomic mass is 35.5. The first-order chi connectivity index (χ1) is 14.2. The molecule has 3 aromatic rings. The molecule has 158 valence electrons. The maximum absolute atomic E-state index is 15.0. The van der Waals surface area contributed by atoms with Gasteiger partial charge in [0.15, 0.2) is 11.6 Å². The predicted molar refractivity (Wildman–Crippen MR) is 113 cm³/mol. The molecule has 0 radical (unpaired) electrons. The molecular formula is C20H21ClFN5O3. The van der Waals surface area contributed by atoms with E-state index in [1.54, 1.807) is 32.9 Å². The molecule has 0 aliphatic rings. The van der Waals surface area contributed by atoms with E-state index in [1.807, 2.05) is 0 Å². The molecule has 4 N–H and O–H groups in total. The Bertz CT molecular complexity index is 1080.